The molecule has 1 aliphatic rings. The molecule has 0 aromatic carbocycles. The van der Waals surface area contributed by atoms with E-state index < -0.39 is 17.5 Å². The van der Waals surface area contributed by atoms with E-state index in [9.17, 15) is 14.4 Å². The van der Waals surface area contributed by atoms with Gasteiger partial charge in [-0.25, -0.2) is 4.79 Å². The van der Waals surface area contributed by atoms with Gasteiger partial charge in [-0.1, -0.05) is 0 Å². The summed E-state index contributed by atoms with van der Waals surface area (Å²) in [5.41, 5.74) is 0. The quantitative estimate of drug-likeness (QED) is 0.430. The molecule has 0 atom stereocenters. The standard InChI is InChI=1S/C6H6O4/c7-4(3-1-2-3)5(8)6(9)10/h3H,1-2H2,(H,9,10). The smallest absolute Gasteiger partial charge is 0.380 e. The van der Waals surface area contributed by atoms with E-state index >= 15 is 0 Å². The Labute approximate surface area is 56.8 Å². The number of Topliss-reactive ketones (excluding diaryl/α,β-unsaturated/α-hetero) is 2. The number of carbonyl (C=O) groups is 3. The molecule has 54 valence electrons. The third-order valence-electron chi connectivity index (χ3n) is 1.37. The Balaban J connectivity index is 2.55. The molecule has 10 heavy (non-hydrogen) atoms. The van der Waals surface area contributed by atoms with E-state index in [-0.39, 0.29) is 5.92 Å². The summed E-state index contributed by atoms with van der Waals surface area (Å²) in [5, 5.41) is 8.06. The van der Waals surface area contributed by atoms with Crippen LogP contribution in [0.2, 0.25) is 0 Å². The molecule has 1 fully saturated rings. The molecular formula is C6H6O4. The number of hydrogen-bond donors (Lipinski definition) is 1. The molecule has 0 amide bonds. The summed E-state index contributed by atoms with van der Waals surface area (Å²) in [6.07, 6.45) is 1.33. The number of rotatable bonds is 3. The molecule has 4 heteroatoms. The fourth-order valence-electron chi connectivity index (χ4n) is 0.636. The number of hydrogen-bond acceptors (Lipinski definition) is 3. The lowest BCUT2D eigenvalue weighted by atomic mass is 10.2. The largest absolute Gasteiger partial charge is 0.475 e. The van der Waals surface area contributed by atoms with E-state index in [0.717, 1.165) is 0 Å². The van der Waals surface area contributed by atoms with Crippen LogP contribution < -0.4 is 0 Å². The highest BCUT2D eigenvalue weighted by molar-refractivity contribution is 6.62. The van der Waals surface area contributed by atoms with E-state index in [1.165, 1.54) is 0 Å². The molecule has 1 aliphatic carbocycles. The molecule has 0 saturated heterocycles. The molecule has 1 N–H and O–H groups in total. The van der Waals surface area contributed by atoms with Crippen molar-refractivity contribution in [1.29, 1.82) is 0 Å². The summed E-state index contributed by atoms with van der Waals surface area (Å²) in [6, 6.07) is 0. The van der Waals surface area contributed by atoms with Crippen LogP contribution in [0.15, 0.2) is 0 Å². The minimum atomic E-state index is -1.64. The molecular weight excluding hydrogens is 136 g/mol. The number of carboxylic acid groups (broad SMARTS) is 1. The summed E-state index contributed by atoms with van der Waals surface area (Å²) in [5.74, 6) is -3.95. The van der Waals surface area contributed by atoms with Crippen molar-refractivity contribution in [2.24, 2.45) is 5.92 Å². The summed E-state index contributed by atoms with van der Waals surface area (Å²) in [6.45, 7) is 0. The lowest BCUT2D eigenvalue weighted by Gasteiger charge is -1.88. The van der Waals surface area contributed by atoms with Crippen LogP contribution in [-0.2, 0) is 14.4 Å². The van der Waals surface area contributed by atoms with Crippen LogP contribution in [0.5, 0.6) is 0 Å². The normalized spacial score (nSPS) is 16.4. The van der Waals surface area contributed by atoms with Gasteiger partial charge in [-0.3, -0.25) is 9.59 Å². The third-order valence-corrected chi connectivity index (χ3v) is 1.37. The first-order valence-corrected chi connectivity index (χ1v) is 2.94. The first-order valence-electron chi connectivity index (χ1n) is 2.94. The molecule has 0 spiro atoms. The number of aliphatic carboxylic acids is 1. The highest BCUT2D eigenvalue weighted by atomic mass is 16.4. The maximum absolute atomic E-state index is 10.6. The van der Waals surface area contributed by atoms with Crippen molar-refractivity contribution in [2.75, 3.05) is 0 Å². The number of carbonyl (C=O) groups excluding carboxylic acids is 2. The molecule has 0 radical (unpaired) electrons. The molecule has 0 unspecified atom stereocenters. The molecule has 0 heterocycles. The zero-order valence-electron chi connectivity index (χ0n) is 5.16. The minimum absolute atomic E-state index is 0.288. The average Bonchev–Trinajstić information content (AvgIpc) is 2.65. The van der Waals surface area contributed by atoms with Gasteiger partial charge >= 0.3 is 11.8 Å². The zero-order valence-corrected chi connectivity index (χ0v) is 5.16. The number of carboxylic acids is 1. The molecule has 0 aromatic rings. The summed E-state index contributed by atoms with van der Waals surface area (Å²) in [4.78, 5) is 30.9. The first kappa shape index (κ1) is 6.92. The molecule has 4 nitrogen and oxygen atoms in total. The lowest BCUT2D eigenvalue weighted by Crippen LogP contribution is -2.24. The van der Waals surface area contributed by atoms with Gasteiger partial charge in [0.05, 0.1) is 0 Å². The van der Waals surface area contributed by atoms with Gasteiger partial charge in [-0.05, 0) is 12.8 Å². The van der Waals surface area contributed by atoms with Crippen molar-refractivity contribution in [3.05, 3.63) is 0 Å². The fourth-order valence-corrected chi connectivity index (χ4v) is 0.636. The average molecular weight is 142 g/mol. The fraction of sp³-hybridized carbons (Fsp3) is 0.500. The Morgan fingerprint density at radius 3 is 2.00 bits per heavy atom. The Kier molecular flexibility index (Phi) is 1.53. The minimum Gasteiger partial charge on any atom is -0.475 e. The van der Waals surface area contributed by atoms with Gasteiger partial charge in [-0.15, -0.1) is 0 Å². The topological polar surface area (TPSA) is 71.4 Å². The van der Waals surface area contributed by atoms with Crippen LogP contribution in [0.4, 0.5) is 0 Å². The number of ketones is 2. The van der Waals surface area contributed by atoms with Gasteiger partial charge in [0, 0.05) is 5.92 Å². The van der Waals surface area contributed by atoms with Crippen molar-refractivity contribution >= 4 is 17.5 Å². The van der Waals surface area contributed by atoms with Crippen LogP contribution in [0.1, 0.15) is 12.8 Å². The van der Waals surface area contributed by atoms with Crippen molar-refractivity contribution in [3.8, 4) is 0 Å². The lowest BCUT2D eigenvalue weighted by molar-refractivity contribution is -0.153. The van der Waals surface area contributed by atoms with Crippen LogP contribution in [0, 0.1) is 5.92 Å². The first-order chi connectivity index (χ1) is 4.63. The molecule has 0 aliphatic heterocycles. The third kappa shape index (κ3) is 1.21. The SMILES string of the molecule is O=C(O)C(=O)C(=O)C1CC1. The van der Waals surface area contributed by atoms with Gasteiger partial charge in [0.15, 0.2) is 0 Å². The van der Waals surface area contributed by atoms with Gasteiger partial charge in [0.2, 0.25) is 5.78 Å². The predicted octanol–water partition coefficient (Wildman–Crippen LogP) is -0.381. The monoisotopic (exact) mass is 142 g/mol. The highest BCUT2D eigenvalue weighted by Gasteiger charge is 2.36. The van der Waals surface area contributed by atoms with Crippen molar-refractivity contribution in [1.82, 2.24) is 0 Å². The summed E-state index contributed by atoms with van der Waals surface area (Å²) in [7, 11) is 0. The molecule has 0 bridgehead atoms. The van der Waals surface area contributed by atoms with Crippen molar-refractivity contribution in [3.63, 3.8) is 0 Å². The van der Waals surface area contributed by atoms with E-state index in [0.29, 0.717) is 12.8 Å². The van der Waals surface area contributed by atoms with E-state index in [4.69, 9.17) is 5.11 Å². The molecule has 1 rings (SSSR count). The van der Waals surface area contributed by atoms with E-state index in [1.54, 1.807) is 0 Å². The van der Waals surface area contributed by atoms with Crippen LogP contribution in [-0.4, -0.2) is 22.6 Å². The van der Waals surface area contributed by atoms with E-state index in [2.05, 4.69) is 0 Å². The molecule has 1 saturated carbocycles. The summed E-state index contributed by atoms with van der Waals surface area (Å²) < 4.78 is 0. The second-order valence-electron chi connectivity index (χ2n) is 2.27. The van der Waals surface area contributed by atoms with E-state index in [1.807, 2.05) is 0 Å². The van der Waals surface area contributed by atoms with Gasteiger partial charge in [0.25, 0.3) is 0 Å². The second-order valence-corrected chi connectivity index (χ2v) is 2.27. The Bertz CT molecular complexity index is 202. The molecule has 0 aromatic heterocycles. The van der Waals surface area contributed by atoms with Gasteiger partial charge in [-0.2, -0.15) is 0 Å². The van der Waals surface area contributed by atoms with Crippen LogP contribution in [0.3, 0.4) is 0 Å². The second kappa shape index (κ2) is 2.21. The van der Waals surface area contributed by atoms with Crippen molar-refractivity contribution < 1.29 is 19.5 Å². The predicted molar refractivity (Wildman–Crippen MR) is 30.4 cm³/mol. The zero-order chi connectivity index (χ0) is 7.72. The van der Waals surface area contributed by atoms with Gasteiger partial charge < -0.3 is 5.11 Å². The van der Waals surface area contributed by atoms with Gasteiger partial charge in [0.1, 0.15) is 0 Å². The Morgan fingerprint density at radius 2 is 1.70 bits per heavy atom. The van der Waals surface area contributed by atoms with Crippen LogP contribution in [0.25, 0.3) is 0 Å². The van der Waals surface area contributed by atoms with Crippen molar-refractivity contribution in [2.45, 2.75) is 12.8 Å². The van der Waals surface area contributed by atoms with Crippen LogP contribution >= 0.6 is 0 Å². The Morgan fingerprint density at radius 1 is 1.20 bits per heavy atom. The maximum Gasteiger partial charge on any atom is 0.380 e. The maximum atomic E-state index is 10.6. The Hall–Kier alpha value is -1.19. The summed E-state index contributed by atoms with van der Waals surface area (Å²) >= 11 is 0. The highest BCUT2D eigenvalue weighted by Crippen LogP contribution is 2.29.